The number of carbonyl (C=O) groups excluding carboxylic acids is 1. The lowest BCUT2D eigenvalue weighted by molar-refractivity contribution is 0.0633. The number of rotatable bonds is 5. The standard InChI is InChI=1S/C22H30N2O3/c1-22(2,3)24-12-10-18(15-24)21(25)23-11-6-7-17(14-23)16-27-20-9-5-8-19(13-20)26-4/h5,8-10,12-13,15,17H,6-7,11,14,16H2,1-4H3/t17-/m1/s1. The van der Waals surface area contributed by atoms with Crippen molar-refractivity contribution < 1.29 is 14.3 Å². The topological polar surface area (TPSA) is 43.7 Å². The van der Waals surface area contributed by atoms with Crippen molar-refractivity contribution in [3.8, 4) is 11.5 Å². The summed E-state index contributed by atoms with van der Waals surface area (Å²) >= 11 is 0. The summed E-state index contributed by atoms with van der Waals surface area (Å²) in [7, 11) is 1.65. The van der Waals surface area contributed by atoms with E-state index in [0.29, 0.717) is 12.5 Å². The van der Waals surface area contributed by atoms with Crippen molar-refractivity contribution in [3.05, 3.63) is 48.3 Å². The van der Waals surface area contributed by atoms with E-state index in [9.17, 15) is 4.79 Å². The van der Waals surface area contributed by atoms with Gasteiger partial charge in [-0.2, -0.15) is 0 Å². The van der Waals surface area contributed by atoms with Crippen LogP contribution in [0.15, 0.2) is 42.7 Å². The zero-order chi connectivity index (χ0) is 19.4. The van der Waals surface area contributed by atoms with Gasteiger partial charge in [-0.1, -0.05) is 6.07 Å². The van der Waals surface area contributed by atoms with Gasteiger partial charge in [-0.05, 0) is 51.8 Å². The van der Waals surface area contributed by atoms with E-state index < -0.39 is 0 Å². The quantitative estimate of drug-likeness (QED) is 0.793. The van der Waals surface area contributed by atoms with Crippen LogP contribution < -0.4 is 9.47 Å². The average molecular weight is 370 g/mol. The Morgan fingerprint density at radius 2 is 2.00 bits per heavy atom. The van der Waals surface area contributed by atoms with Crippen LogP contribution in [-0.2, 0) is 5.54 Å². The van der Waals surface area contributed by atoms with Crippen LogP contribution in [0.2, 0.25) is 0 Å². The van der Waals surface area contributed by atoms with Crippen molar-refractivity contribution in [2.75, 3.05) is 26.8 Å². The molecule has 1 aromatic heterocycles. The lowest BCUT2D eigenvalue weighted by Gasteiger charge is -2.32. The van der Waals surface area contributed by atoms with Crippen LogP contribution in [0.4, 0.5) is 0 Å². The maximum Gasteiger partial charge on any atom is 0.255 e. The van der Waals surface area contributed by atoms with Crippen LogP contribution in [-0.4, -0.2) is 42.2 Å². The minimum absolute atomic E-state index is 0.0203. The molecule has 2 heterocycles. The minimum Gasteiger partial charge on any atom is -0.497 e. The van der Waals surface area contributed by atoms with Crippen LogP contribution in [0.3, 0.4) is 0 Å². The van der Waals surface area contributed by atoms with Crippen LogP contribution in [0, 0.1) is 5.92 Å². The molecule has 27 heavy (non-hydrogen) atoms. The predicted molar refractivity (Wildman–Crippen MR) is 107 cm³/mol. The Balaban J connectivity index is 1.58. The molecule has 0 bridgehead atoms. The van der Waals surface area contributed by atoms with Gasteiger partial charge in [0.05, 0.1) is 19.3 Å². The molecule has 3 rings (SSSR count). The number of aromatic nitrogens is 1. The largest absolute Gasteiger partial charge is 0.497 e. The molecule has 0 unspecified atom stereocenters. The molecule has 0 N–H and O–H groups in total. The van der Waals surface area contributed by atoms with Crippen LogP contribution in [0.5, 0.6) is 11.5 Å². The van der Waals surface area contributed by atoms with Crippen LogP contribution >= 0.6 is 0 Å². The van der Waals surface area contributed by atoms with Crippen molar-refractivity contribution in [1.29, 1.82) is 0 Å². The van der Waals surface area contributed by atoms with Crippen LogP contribution in [0.25, 0.3) is 0 Å². The highest BCUT2D eigenvalue weighted by molar-refractivity contribution is 5.94. The fourth-order valence-electron chi connectivity index (χ4n) is 3.41. The minimum atomic E-state index is -0.0203. The number of hydrogen-bond donors (Lipinski definition) is 0. The summed E-state index contributed by atoms with van der Waals surface area (Å²) in [4.78, 5) is 14.9. The number of methoxy groups -OCH3 is 1. The van der Waals surface area contributed by atoms with E-state index >= 15 is 0 Å². The molecule has 1 amide bonds. The number of nitrogens with zero attached hydrogens (tertiary/aromatic N) is 2. The van der Waals surface area contributed by atoms with Gasteiger partial charge in [-0.15, -0.1) is 0 Å². The summed E-state index contributed by atoms with van der Waals surface area (Å²) in [6.45, 7) is 8.56. The van der Waals surface area contributed by atoms with E-state index in [1.807, 2.05) is 47.6 Å². The Hall–Kier alpha value is -2.43. The summed E-state index contributed by atoms with van der Waals surface area (Å²) < 4.78 is 13.3. The van der Waals surface area contributed by atoms with Gasteiger partial charge in [0.2, 0.25) is 0 Å². The third kappa shape index (κ3) is 4.85. The maximum atomic E-state index is 12.9. The first-order valence-corrected chi connectivity index (χ1v) is 9.61. The molecule has 1 aliphatic heterocycles. The third-order valence-electron chi connectivity index (χ3n) is 5.05. The first kappa shape index (κ1) is 19.3. The van der Waals surface area contributed by atoms with E-state index in [1.165, 1.54) is 0 Å². The molecule has 1 aromatic carbocycles. The van der Waals surface area contributed by atoms with Gasteiger partial charge in [-0.3, -0.25) is 4.79 Å². The Bertz CT molecular complexity index is 776. The average Bonchev–Trinajstić information content (AvgIpc) is 3.17. The number of amides is 1. The van der Waals surface area contributed by atoms with E-state index in [0.717, 1.165) is 43.0 Å². The van der Waals surface area contributed by atoms with Gasteiger partial charge in [0.25, 0.3) is 5.91 Å². The molecular formula is C22H30N2O3. The molecule has 0 aliphatic carbocycles. The van der Waals surface area contributed by atoms with Gasteiger partial charge in [-0.25, -0.2) is 0 Å². The van der Waals surface area contributed by atoms with Crippen molar-refractivity contribution in [1.82, 2.24) is 9.47 Å². The van der Waals surface area contributed by atoms with Crippen LogP contribution in [0.1, 0.15) is 44.0 Å². The zero-order valence-corrected chi connectivity index (χ0v) is 16.8. The van der Waals surface area contributed by atoms with E-state index in [4.69, 9.17) is 9.47 Å². The fraction of sp³-hybridized carbons (Fsp3) is 0.500. The molecule has 146 valence electrons. The second-order valence-electron chi connectivity index (χ2n) is 8.23. The second kappa shape index (κ2) is 8.07. The van der Waals surface area contributed by atoms with Gasteiger partial charge in [0, 0.05) is 43.0 Å². The highest BCUT2D eigenvalue weighted by atomic mass is 16.5. The van der Waals surface area contributed by atoms with Crippen molar-refractivity contribution in [2.45, 2.75) is 39.2 Å². The maximum absolute atomic E-state index is 12.9. The highest BCUT2D eigenvalue weighted by Crippen LogP contribution is 2.23. The Morgan fingerprint density at radius 3 is 2.70 bits per heavy atom. The van der Waals surface area contributed by atoms with Crippen molar-refractivity contribution in [3.63, 3.8) is 0 Å². The lowest BCUT2D eigenvalue weighted by atomic mass is 9.98. The molecule has 0 radical (unpaired) electrons. The first-order chi connectivity index (χ1) is 12.9. The van der Waals surface area contributed by atoms with E-state index in [1.54, 1.807) is 7.11 Å². The monoisotopic (exact) mass is 370 g/mol. The molecule has 2 aromatic rings. The highest BCUT2D eigenvalue weighted by Gasteiger charge is 2.26. The number of likely N-dealkylation sites (tertiary alicyclic amines) is 1. The first-order valence-electron chi connectivity index (χ1n) is 9.61. The molecule has 1 aliphatic rings. The molecule has 0 spiro atoms. The van der Waals surface area contributed by atoms with E-state index in [2.05, 4.69) is 25.3 Å². The van der Waals surface area contributed by atoms with Gasteiger partial charge in [0.15, 0.2) is 0 Å². The molecule has 5 nitrogen and oxygen atoms in total. The number of piperidine rings is 1. The number of ether oxygens (including phenoxy) is 2. The van der Waals surface area contributed by atoms with Gasteiger partial charge >= 0.3 is 0 Å². The normalized spacial score (nSPS) is 17.6. The fourth-order valence-corrected chi connectivity index (χ4v) is 3.41. The summed E-state index contributed by atoms with van der Waals surface area (Å²) in [5.41, 5.74) is 0.743. The van der Waals surface area contributed by atoms with Crippen molar-refractivity contribution in [2.24, 2.45) is 5.92 Å². The molecule has 1 saturated heterocycles. The molecule has 0 saturated carbocycles. The Kier molecular flexibility index (Phi) is 5.78. The number of carbonyl (C=O) groups is 1. The predicted octanol–water partition coefficient (Wildman–Crippen LogP) is 4.18. The number of hydrogen-bond acceptors (Lipinski definition) is 3. The van der Waals surface area contributed by atoms with E-state index in [-0.39, 0.29) is 11.4 Å². The molecule has 5 heteroatoms. The van der Waals surface area contributed by atoms with Gasteiger partial charge < -0.3 is 18.9 Å². The van der Waals surface area contributed by atoms with Gasteiger partial charge in [0.1, 0.15) is 11.5 Å². The number of benzene rings is 1. The zero-order valence-electron chi connectivity index (χ0n) is 16.8. The Morgan fingerprint density at radius 1 is 1.22 bits per heavy atom. The molecular weight excluding hydrogens is 340 g/mol. The Labute approximate surface area is 161 Å². The summed E-state index contributed by atoms with van der Waals surface area (Å²) in [6, 6.07) is 9.57. The summed E-state index contributed by atoms with van der Waals surface area (Å²) in [5.74, 6) is 2.05. The van der Waals surface area contributed by atoms with Crippen molar-refractivity contribution >= 4 is 5.91 Å². The summed E-state index contributed by atoms with van der Waals surface area (Å²) in [6.07, 6.45) is 6.04. The summed E-state index contributed by atoms with van der Waals surface area (Å²) in [5, 5.41) is 0. The molecule has 1 atom stereocenters. The third-order valence-corrected chi connectivity index (χ3v) is 5.05. The smallest absolute Gasteiger partial charge is 0.255 e. The SMILES string of the molecule is COc1cccc(OC[C@@H]2CCCN(C(=O)c3ccn(C(C)(C)C)c3)C2)c1. The molecule has 1 fully saturated rings. The second-order valence-corrected chi connectivity index (χ2v) is 8.23. The lowest BCUT2D eigenvalue weighted by Crippen LogP contribution is -2.41.